The number of aromatic nitrogens is 2. The maximum atomic E-state index is 13.9. The lowest BCUT2D eigenvalue weighted by atomic mass is 9.78. The summed E-state index contributed by atoms with van der Waals surface area (Å²) in [5.41, 5.74) is 1.40. The molecule has 4 rings (SSSR count). The summed E-state index contributed by atoms with van der Waals surface area (Å²) in [6, 6.07) is 14.1. The molecule has 138 valence electrons. The van der Waals surface area contributed by atoms with Crippen molar-refractivity contribution in [3.63, 3.8) is 0 Å². The summed E-state index contributed by atoms with van der Waals surface area (Å²) >= 11 is 0. The predicted octanol–water partition coefficient (Wildman–Crippen LogP) is 3.31. The van der Waals surface area contributed by atoms with E-state index in [2.05, 4.69) is 15.3 Å². The summed E-state index contributed by atoms with van der Waals surface area (Å²) < 4.78 is 27.5. The molecule has 1 aliphatic heterocycles. The van der Waals surface area contributed by atoms with Crippen molar-refractivity contribution in [1.82, 2.24) is 15.3 Å². The zero-order chi connectivity index (χ0) is 19.7. The van der Waals surface area contributed by atoms with Gasteiger partial charge < -0.3 is 5.32 Å². The molecule has 0 fully saturated rings. The third kappa shape index (κ3) is 2.89. The molecule has 0 bridgehead atoms. The van der Waals surface area contributed by atoms with Crippen molar-refractivity contribution >= 4 is 5.84 Å². The van der Waals surface area contributed by atoms with Crippen molar-refractivity contribution < 1.29 is 8.78 Å². The lowest BCUT2D eigenvalue weighted by Gasteiger charge is -2.35. The summed E-state index contributed by atoms with van der Waals surface area (Å²) in [6.07, 6.45) is 2.93. The quantitative estimate of drug-likeness (QED) is 0.713. The number of aliphatic imine (C=N–C) groups is 1. The van der Waals surface area contributed by atoms with Crippen molar-refractivity contribution in [2.45, 2.75) is 18.5 Å². The number of rotatable bonds is 3. The smallest absolute Gasteiger partial charge is 0.213 e. The first-order chi connectivity index (χ1) is 13.5. The van der Waals surface area contributed by atoms with Gasteiger partial charge in [0.25, 0.3) is 0 Å². The fourth-order valence-electron chi connectivity index (χ4n) is 3.55. The number of nitriles is 1. The van der Waals surface area contributed by atoms with Gasteiger partial charge in [-0.15, -0.1) is 0 Å². The third-order valence-corrected chi connectivity index (χ3v) is 4.89. The van der Waals surface area contributed by atoms with Crippen LogP contribution in [0.2, 0.25) is 0 Å². The van der Waals surface area contributed by atoms with Gasteiger partial charge in [-0.1, -0.05) is 12.1 Å². The molecule has 0 aliphatic carbocycles. The highest BCUT2D eigenvalue weighted by Crippen LogP contribution is 2.38. The second-order valence-corrected chi connectivity index (χ2v) is 6.50. The van der Waals surface area contributed by atoms with Crippen LogP contribution < -0.4 is 5.32 Å². The van der Waals surface area contributed by atoms with Crippen LogP contribution in [0.4, 0.5) is 8.78 Å². The predicted molar refractivity (Wildman–Crippen MR) is 99.5 cm³/mol. The molecule has 3 heterocycles. The number of nitrogens with zero attached hydrogens (tertiary/aromatic N) is 4. The fourth-order valence-corrected chi connectivity index (χ4v) is 3.55. The van der Waals surface area contributed by atoms with Crippen LogP contribution in [-0.2, 0) is 5.54 Å². The summed E-state index contributed by atoms with van der Waals surface area (Å²) in [5, 5.41) is 12.5. The Morgan fingerprint density at radius 3 is 2.46 bits per heavy atom. The van der Waals surface area contributed by atoms with Gasteiger partial charge in [-0.2, -0.15) is 9.65 Å². The number of hydrogen-bond acceptors (Lipinski definition) is 5. The Hall–Kier alpha value is -3.66. The molecule has 7 heteroatoms. The summed E-state index contributed by atoms with van der Waals surface area (Å²) in [5.74, 6) is -0.426. The Labute approximate surface area is 160 Å². The number of nitrogens with one attached hydrogen (secondary N) is 1. The van der Waals surface area contributed by atoms with E-state index in [0.29, 0.717) is 17.0 Å². The monoisotopic (exact) mass is 375 g/mol. The molecule has 2 atom stereocenters. The first-order valence-electron chi connectivity index (χ1n) is 8.63. The molecule has 0 amide bonds. The van der Waals surface area contributed by atoms with E-state index in [1.54, 1.807) is 30.3 Å². The molecule has 0 saturated carbocycles. The Morgan fingerprint density at radius 1 is 1.00 bits per heavy atom. The maximum absolute atomic E-state index is 13.9. The Bertz CT molecular complexity index is 1100. The lowest BCUT2D eigenvalue weighted by Crippen LogP contribution is -2.48. The van der Waals surface area contributed by atoms with Gasteiger partial charge in [0.1, 0.15) is 29.0 Å². The number of pyridine rings is 2. The number of halogens is 2. The topological polar surface area (TPSA) is 74.0 Å². The summed E-state index contributed by atoms with van der Waals surface area (Å²) in [4.78, 5) is 12.3. The summed E-state index contributed by atoms with van der Waals surface area (Å²) in [6.45, 7) is 1.90. The molecule has 0 radical (unpaired) electrons. The normalized spacial score (nSPS) is 20.9. The van der Waals surface area contributed by atoms with Gasteiger partial charge in [-0.05, 0) is 54.4 Å². The molecule has 28 heavy (non-hydrogen) atoms. The van der Waals surface area contributed by atoms with Crippen LogP contribution >= 0.6 is 0 Å². The van der Waals surface area contributed by atoms with Gasteiger partial charge in [0.05, 0.1) is 6.04 Å². The van der Waals surface area contributed by atoms with Crippen LogP contribution in [0.5, 0.6) is 0 Å². The molecule has 0 saturated heterocycles. The largest absolute Gasteiger partial charge is 0.354 e. The molecule has 1 aliphatic rings. The van der Waals surface area contributed by atoms with Crippen molar-refractivity contribution in [2.75, 3.05) is 0 Å². The van der Waals surface area contributed by atoms with Gasteiger partial charge in [0, 0.05) is 18.0 Å². The van der Waals surface area contributed by atoms with Crippen LogP contribution in [0, 0.1) is 23.1 Å². The van der Waals surface area contributed by atoms with Gasteiger partial charge in [0.2, 0.25) is 5.95 Å². The van der Waals surface area contributed by atoms with E-state index < -0.39 is 11.5 Å². The van der Waals surface area contributed by atoms with Crippen LogP contribution in [0.25, 0.3) is 0 Å². The SMILES string of the molecule is C[C@@H]1N=C(c2ccnc(C#N)c2)NC1(c1ccc(F)cc1)c1ccnc(F)c1. The molecule has 1 unspecified atom stereocenters. The minimum atomic E-state index is -0.914. The van der Waals surface area contributed by atoms with Gasteiger partial charge in [0.15, 0.2) is 0 Å². The van der Waals surface area contributed by atoms with E-state index in [1.807, 2.05) is 13.0 Å². The first kappa shape index (κ1) is 17.7. The molecule has 5 nitrogen and oxygen atoms in total. The molecular weight excluding hydrogens is 360 g/mol. The number of hydrogen-bond donors (Lipinski definition) is 1. The fraction of sp³-hybridized carbons (Fsp3) is 0.143. The highest BCUT2D eigenvalue weighted by Gasteiger charge is 2.45. The molecule has 1 aromatic carbocycles. The average molecular weight is 375 g/mol. The van der Waals surface area contributed by atoms with Crippen LogP contribution in [0.1, 0.15) is 29.3 Å². The van der Waals surface area contributed by atoms with E-state index >= 15 is 0 Å². The minimum Gasteiger partial charge on any atom is -0.354 e. The van der Waals surface area contributed by atoms with Crippen molar-refractivity contribution in [2.24, 2.45) is 4.99 Å². The highest BCUT2D eigenvalue weighted by molar-refractivity contribution is 6.01. The van der Waals surface area contributed by atoms with E-state index in [0.717, 1.165) is 5.56 Å². The standard InChI is InChI=1S/C21H15F2N5/c1-13-21(15-2-4-17(22)5-3-15,16-7-9-26-19(23)11-16)28-20(27-13)14-6-8-25-18(10-14)12-24/h2-11,13H,1H3,(H,27,28)/t13-,21?/m0/s1. The minimum absolute atomic E-state index is 0.267. The Kier molecular flexibility index (Phi) is 4.32. The maximum Gasteiger partial charge on any atom is 0.213 e. The Morgan fingerprint density at radius 2 is 1.75 bits per heavy atom. The second kappa shape index (κ2) is 6.82. The van der Waals surface area contributed by atoms with E-state index in [-0.39, 0.29) is 17.6 Å². The van der Waals surface area contributed by atoms with Crippen molar-refractivity contribution in [3.8, 4) is 6.07 Å². The number of benzene rings is 1. The molecule has 0 spiro atoms. The van der Waals surface area contributed by atoms with Crippen molar-refractivity contribution in [3.05, 3.63) is 95.1 Å². The number of amidine groups is 1. The molecule has 2 aromatic heterocycles. The van der Waals surface area contributed by atoms with E-state index in [4.69, 9.17) is 10.3 Å². The third-order valence-electron chi connectivity index (χ3n) is 4.89. The van der Waals surface area contributed by atoms with E-state index in [9.17, 15) is 8.78 Å². The van der Waals surface area contributed by atoms with Crippen LogP contribution in [0.3, 0.4) is 0 Å². The van der Waals surface area contributed by atoms with Gasteiger partial charge >= 0.3 is 0 Å². The van der Waals surface area contributed by atoms with Gasteiger partial charge in [-0.25, -0.2) is 14.4 Å². The van der Waals surface area contributed by atoms with Crippen molar-refractivity contribution in [1.29, 1.82) is 5.26 Å². The zero-order valence-electron chi connectivity index (χ0n) is 14.9. The highest BCUT2D eigenvalue weighted by atomic mass is 19.1. The zero-order valence-corrected chi connectivity index (χ0v) is 14.9. The van der Waals surface area contributed by atoms with Crippen LogP contribution in [0.15, 0.2) is 65.9 Å². The van der Waals surface area contributed by atoms with Gasteiger partial charge in [-0.3, -0.25) is 4.99 Å². The average Bonchev–Trinajstić information content (AvgIpc) is 3.07. The van der Waals surface area contributed by atoms with E-state index in [1.165, 1.54) is 30.6 Å². The molecule has 3 aromatic rings. The Balaban J connectivity index is 1.86. The molecule has 1 N–H and O–H groups in total. The second-order valence-electron chi connectivity index (χ2n) is 6.50. The summed E-state index contributed by atoms with van der Waals surface area (Å²) in [7, 11) is 0. The molecular formula is C21H15F2N5. The lowest BCUT2D eigenvalue weighted by molar-refractivity contribution is 0.429. The van der Waals surface area contributed by atoms with Crippen LogP contribution in [-0.4, -0.2) is 21.8 Å². The first-order valence-corrected chi connectivity index (χ1v) is 8.63.